The van der Waals surface area contributed by atoms with Crippen molar-refractivity contribution in [1.29, 1.82) is 0 Å². The third kappa shape index (κ3) is 4.45. The number of likely N-dealkylation sites (tertiary alicyclic amines) is 1. The molecule has 0 aliphatic carbocycles. The van der Waals surface area contributed by atoms with E-state index in [1.165, 1.54) is 0 Å². The summed E-state index contributed by atoms with van der Waals surface area (Å²) in [6, 6.07) is 15.4. The van der Waals surface area contributed by atoms with Crippen LogP contribution in [0.5, 0.6) is 5.75 Å². The molecule has 1 fully saturated rings. The van der Waals surface area contributed by atoms with Gasteiger partial charge in [0.2, 0.25) is 0 Å². The Kier molecular flexibility index (Phi) is 5.52. The molecule has 0 aromatic heterocycles. The number of aliphatic imine (C=N–C) groups is 1. The summed E-state index contributed by atoms with van der Waals surface area (Å²) >= 11 is 0. The van der Waals surface area contributed by atoms with Gasteiger partial charge in [0.25, 0.3) is 0 Å². The van der Waals surface area contributed by atoms with Crippen molar-refractivity contribution in [3.63, 3.8) is 0 Å². The van der Waals surface area contributed by atoms with E-state index >= 15 is 0 Å². The summed E-state index contributed by atoms with van der Waals surface area (Å²) in [5.41, 5.74) is 2.00. The molecule has 0 radical (unpaired) electrons. The molecule has 1 saturated heterocycles. The highest BCUT2D eigenvalue weighted by Gasteiger charge is 2.45. The number of para-hydroxylation sites is 4. The molecule has 164 valence electrons. The highest BCUT2D eigenvalue weighted by Crippen LogP contribution is 2.37. The van der Waals surface area contributed by atoms with Crippen molar-refractivity contribution in [2.75, 3.05) is 36.1 Å². The number of hydrogen-bond acceptors (Lipinski definition) is 4. The second-order valence-corrected chi connectivity index (χ2v) is 9.16. The van der Waals surface area contributed by atoms with Crippen LogP contribution in [-0.2, 0) is 0 Å². The zero-order valence-corrected chi connectivity index (χ0v) is 18.7. The molecule has 1 spiro atoms. The van der Waals surface area contributed by atoms with E-state index in [1.807, 2.05) is 47.4 Å². The van der Waals surface area contributed by atoms with Gasteiger partial charge in [-0.1, -0.05) is 24.3 Å². The topological polar surface area (TPSA) is 78.0 Å². The molecule has 0 bridgehead atoms. The Hall–Kier alpha value is -3.22. The van der Waals surface area contributed by atoms with E-state index in [4.69, 9.17) is 9.73 Å². The Bertz CT molecular complexity index is 997. The molecule has 31 heavy (non-hydrogen) atoms. The number of rotatable bonds is 2. The molecule has 1 atom stereocenters. The zero-order chi connectivity index (χ0) is 22.1. The number of urea groups is 1. The average molecular weight is 422 g/mol. The number of benzene rings is 2. The fraction of sp³-hybridized carbons (Fsp3) is 0.417. The van der Waals surface area contributed by atoms with Crippen LogP contribution < -0.4 is 20.7 Å². The fourth-order valence-corrected chi connectivity index (χ4v) is 4.20. The largest absolute Gasteiger partial charge is 0.495 e. The first-order valence-corrected chi connectivity index (χ1v) is 10.7. The van der Waals surface area contributed by atoms with Crippen LogP contribution in [0.2, 0.25) is 0 Å². The van der Waals surface area contributed by atoms with Crippen LogP contribution in [0.15, 0.2) is 53.5 Å². The Balaban J connectivity index is 1.62. The summed E-state index contributed by atoms with van der Waals surface area (Å²) in [6.07, 6.45) is 1.76. The Morgan fingerprint density at radius 1 is 1.13 bits per heavy atom. The Morgan fingerprint density at radius 3 is 2.58 bits per heavy atom. The molecule has 0 unspecified atom stereocenters. The normalized spacial score (nSPS) is 21.8. The number of methoxy groups -OCH3 is 1. The second-order valence-electron chi connectivity index (χ2n) is 9.16. The van der Waals surface area contributed by atoms with Crippen LogP contribution in [0.4, 0.5) is 21.9 Å². The molecule has 4 rings (SSSR count). The van der Waals surface area contributed by atoms with Gasteiger partial charge in [-0.3, -0.25) is 4.99 Å². The van der Waals surface area contributed by atoms with Gasteiger partial charge in [0, 0.05) is 6.54 Å². The van der Waals surface area contributed by atoms with Crippen molar-refractivity contribution in [3.8, 4) is 5.75 Å². The number of piperidine rings is 1. The van der Waals surface area contributed by atoms with Gasteiger partial charge < -0.3 is 25.6 Å². The standard InChI is InChI=1S/C24H31N5O2/c1-23(2,3)28-21-24(27-18-11-6-5-10-17(18)25-21)14-9-15-29(16-24)22(30)26-19-12-7-8-13-20(19)31-4/h5-8,10-13,27H,9,14-16H2,1-4H3,(H,25,28)(H,26,30)/t24-/m1/s1. The molecule has 0 saturated carbocycles. The molecule has 2 heterocycles. The van der Waals surface area contributed by atoms with E-state index in [-0.39, 0.29) is 11.6 Å². The summed E-state index contributed by atoms with van der Waals surface area (Å²) in [5.74, 6) is 1.53. The summed E-state index contributed by atoms with van der Waals surface area (Å²) in [6.45, 7) is 7.47. The van der Waals surface area contributed by atoms with Crippen molar-refractivity contribution in [3.05, 3.63) is 48.5 Å². The first kappa shape index (κ1) is 21.0. The molecule has 2 amide bonds. The van der Waals surface area contributed by atoms with E-state index in [1.54, 1.807) is 7.11 Å². The third-order valence-corrected chi connectivity index (χ3v) is 5.58. The third-order valence-electron chi connectivity index (χ3n) is 5.58. The number of carbonyl (C=O) groups is 1. The summed E-state index contributed by atoms with van der Waals surface area (Å²) < 4.78 is 5.38. The number of carbonyl (C=O) groups excluding carboxylic acids is 1. The van der Waals surface area contributed by atoms with Crippen LogP contribution in [0.25, 0.3) is 0 Å². The Morgan fingerprint density at radius 2 is 1.84 bits per heavy atom. The lowest BCUT2D eigenvalue weighted by molar-refractivity contribution is 0.186. The molecule has 7 nitrogen and oxygen atoms in total. The molecule has 2 aromatic carbocycles. The number of amidine groups is 1. The number of amides is 2. The van der Waals surface area contributed by atoms with Gasteiger partial charge in [0.1, 0.15) is 17.1 Å². The van der Waals surface area contributed by atoms with Gasteiger partial charge in [-0.25, -0.2) is 4.79 Å². The van der Waals surface area contributed by atoms with Crippen molar-refractivity contribution in [2.45, 2.75) is 44.7 Å². The minimum Gasteiger partial charge on any atom is -0.495 e. The Labute approximate surface area is 183 Å². The van der Waals surface area contributed by atoms with Crippen LogP contribution in [-0.4, -0.2) is 48.0 Å². The first-order valence-electron chi connectivity index (χ1n) is 10.7. The number of anilines is 3. The summed E-state index contributed by atoms with van der Waals surface area (Å²) in [7, 11) is 1.60. The molecule has 7 heteroatoms. The fourth-order valence-electron chi connectivity index (χ4n) is 4.20. The highest BCUT2D eigenvalue weighted by atomic mass is 16.5. The minimum absolute atomic E-state index is 0.139. The van der Waals surface area contributed by atoms with E-state index < -0.39 is 5.54 Å². The highest BCUT2D eigenvalue weighted by molar-refractivity contribution is 6.10. The molecule has 3 N–H and O–H groups in total. The van der Waals surface area contributed by atoms with Crippen molar-refractivity contribution >= 4 is 28.9 Å². The number of ether oxygens (including phenoxy) is 1. The molecule has 2 aromatic rings. The van der Waals surface area contributed by atoms with Crippen LogP contribution in [0, 0.1) is 0 Å². The van der Waals surface area contributed by atoms with E-state index in [0.717, 1.165) is 30.1 Å². The number of nitrogens with zero attached hydrogens (tertiary/aromatic N) is 2. The second kappa shape index (κ2) is 8.13. The van der Waals surface area contributed by atoms with E-state index in [0.29, 0.717) is 24.5 Å². The maximum atomic E-state index is 13.2. The minimum atomic E-state index is -0.460. The maximum absolute atomic E-state index is 13.2. The SMILES string of the molecule is COc1ccccc1NC(=O)N1CCC[C@]2(C1)Nc1ccccc1NC2=NC(C)(C)C. The van der Waals surface area contributed by atoms with Crippen molar-refractivity contribution < 1.29 is 9.53 Å². The lowest BCUT2D eigenvalue weighted by atomic mass is 9.85. The van der Waals surface area contributed by atoms with Crippen molar-refractivity contribution in [1.82, 2.24) is 4.90 Å². The lowest BCUT2D eigenvalue weighted by Gasteiger charge is -2.47. The van der Waals surface area contributed by atoms with Gasteiger partial charge in [-0.15, -0.1) is 0 Å². The number of nitrogens with one attached hydrogen (secondary N) is 3. The van der Waals surface area contributed by atoms with E-state index in [9.17, 15) is 4.79 Å². The molecule has 2 aliphatic rings. The lowest BCUT2D eigenvalue weighted by Crippen LogP contribution is -2.63. The van der Waals surface area contributed by atoms with Crippen LogP contribution in [0.3, 0.4) is 0 Å². The first-order chi connectivity index (χ1) is 14.8. The van der Waals surface area contributed by atoms with Crippen LogP contribution in [0.1, 0.15) is 33.6 Å². The number of hydrogen-bond donors (Lipinski definition) is 3. The smallest absolute Gasteiger partial charge is 0.322 e. The average Bonchev–Trinajstić information content (AvgIpc) is 2.74. The van der Waals surface area contributed by atoms with E-state index in [2.05, 4.69) is 42.8 Å². The predicted octanol–water partition coefficient (Wildman–Crippen LogP) is 4.80. The van der Waals surface area contributed by atoms with Gasteiger partial charge in [-0.2, -0.15) is 0 Å². The van der Waals surface area contributed by atoms with Gasteiger partial charge in [0.15, 0.2) is 0 Å². The maximum Gasteiger partial charge on any atom is 0.322 e. The molecule has 2 aliphatic heterocycles. The van der Waals surface area contributed by atoms with Crippen LogP contribution >= 0.6 is 0 Å². The monoisotopic (exact) mass is 421 g/mol. The van der Waals surface area contributed by atoms with Crippen molar-refractivity contribution in [2.24, 2.45) is 4.99 Å². The summed E-state index contributed by atoms with van der Waals surface area (Å²) in [5, 5.41) is 10.3. The zero-order valence-electron chi connectivity index (χ0n) is 18.7. The van der Waals surface area contributed by atoms with Gasteiger partial charge in [-0.05, 0) is 57.9 Å². The summed E-state index contributed by atoms with van der Waals surface area (Å²) in [4.78, 5) is 20.0. The van der Waals surface area contributed by atoms with Gasteiger partial charge >= 0.3 is 6.03 Å². The quantitative estimate of drug-likeness (QED) is 0.651. The molecular weight excluding hydrogens is 390 g/mol. The predicted molar refractivity (Wildman–Crippen MR) is 126 cm³/mol. The number of fused-ring (bicyclic) bond motifs is 1. The van der Waals surface area contributed by atoms with Gasteiger partial charge in [0.05, 0.1) is 36.3 Å². The molecular formula is C24H31N5O2.